The summed E-state index contributed by atoms with van der Waals surface area (Å²) in [4.78, 5) is 84.6. The quantitative estimate of drug-likeness (QED) is 0.0887. The van der Waals surface area contributed by atoms with Gasteiger partial charge < -0.3 is 31.3 Å². The van der Waals surface area contributed by atoms with Gasteiger partial charge in [0.15, 0.2) is 0 Å². The minimum absolute atomic E-state index is 0. The fourth-order valence-corrected chi connectivity index (χ4v) is 3.58. The predicted molar refractivity (Wildman–Crippen MR) is 167 cm³/mol. The first-order valence-electron chi connectivity index (χ1n) is 13.4. The molecule has 240 valence electrons. The Morgan fingerprint density at radius 1 is 0.810 bits per heavy atom. The number of imide groups is 1. The molecule has 14 nitrogen and oxygen atoms in total. The Morgan fingerprint density at radius 2 is 1.38 bits per heavy atom. The topological polar surface area (TPSA) is 192 Å². The molecule has 0 saturated heterocycles. The van der Waals surface area contributed by atoms with Gasteiger partial charge in [-0.25, -0.2) is 0 Å². The van der Waals surface area contributed by atoms with Gasteiger partial charge in [-0.2, -0.15) is 0 Å². The fraction of sp³-hybridized carbons (Fsp3) is 0.444. The number of carbonyl (C=O) groups excluding carboxylic acids is 7. The molecule has 5 N–H and O–H groups in total. The van der Waals surface area contributed by atoms with Crippen molar-refractivity contribution in [3.8, 4) is 0 Å². The zero-order valence-electron chi connectivity index (χ0n) is 23.8. The van der Waals surface area contributed by atoms with Crippen molar-refractivity contribution in [3.05, 3.63) is 48.0 Å². The van der Waals surface area contributed by atoms with Crippen LogP contribution in [0.15, 0.2) is 42.5 Å². The van der Waals surface area contributed by atoms with E-state index in [0.29, 0.717) is 6.29 Å². The second kappa shape index (κ2) is 20.7. The summed E-state index contributed by atoms with van der Waals surface area (Å²) < 4.78 is 5.25. The molecule has 0 aliphatic carbocycles. The third kappa shape index (κ3) is 14.5. The number of benzene rings is 1. The largest absolute Gasteiger partial charge is 0.379 e. The van der Waals surface area contributed by atoms with Crippen LogP contribution >= 0.6 is 9.24 Å². The molecule has 0 saturated carbocycles. The number of carbonyl (C=O) groups is 7. The van der Waals surface area contributed by atoms with E-state index in [9.17, 15) is 33.6 Å². The molecule has 7 amide bonds. The number of ether oxygens (including phenoxy) is 1. The monoisotopic (exact) mass is 616 g/mol. The van der Waals surface area contributed by atoms with Gasteiger partial charge in [-0.3, -0.25) is 38.5 Å². The Kier molecular flexibility index (Phi) is 17.7. The Labute approximate surface area is 254 Å². The van der Waals surface area contributed by atoms with Gasteiger partial charge in [-0.1, -0.05) is 44.2 Å². The van der Waals surface area contributed by atoms with Gasteiger partial charge in [-0.05, 0) is 5.56 Å². The van der Waals surface area contributed by atoms with Crippen LogP contribution in [0.5, 0.6) is 0 Å². The number of nitrogens with one attached hydrogen (secondary N) is 5. The van der Waals surface area contributed by atoms with Crippen LogP contribution in [0.3, 0.4) is 0 Å². The zero-order chi connectivity index (χ0) is 31.3. The van der Waals surface area contributed by atoms with Crippen molar-refractivity contribution in [2.24, 2.45) is 0 Å². The van der Waals surface area contributed by atoms with Crippen molar-refractivity contribution >= 4 is 50.6 Å². The minimum Gasteiger partial charge on any atom is -0.379 e. The van der Waals surface area contributed by atoms with E-state index in [-0.39, 0.29) is 58.7 Å². The molecule has 15 heteroatoms. The summed E-state index contributed by atoms with van der Waals surface area (Å²) in [7, 11) is 2.33. The van der Waals surface area contributed by atoms with Gasteiger partial charge in [0.1, 0.15) is 6.04 Å². The number of nitrogens with zero attached hydrogens (tertiary/aromatic N) is 1. The molecule has 1 unspecified atom stereocenters. The smallest absolute Gasteiger partial charge is 0.253 e. The molecular weight excluding hydrogens is 567 g/mol. The zero-order valence-corrected chi connectivity index (χ0v) is 24.9. The summed E-state index contributed by atoms with van der Waals surface area (Å²) >= 11 is 0. The first kappa shape index (κ1) is 35.9. The van der Waals surface area contributed by atoms with Crippen molar-refractivity contribution in [1.82, 2.24) is 31.5 Å². The third-order valence-electron chi connectivity index (χ3n) is 5.38. The van der Waals surface area contributed by atoms with Crippen LogP contribution in [-0.4, -0.2) is 98.0 Å². The molecule has 0 aromatic heterocycles. The Hall–Kier alpha value is -4.16. The highest BCUT2D eigenvalue weighted by Crippen LogP contribution is 2.04. The lowest BCUT2D eigenvalue weighted by atomic mass is 10.1. The molecule has 0 radical (unpaired) electrons. The van der Waals surface area contributed by atoms with Crippen molar-refractivity contribution < 1.29 is 45.4 Å². The fourth-order valence-electron chi connectivity index (χ4n) is 3.35. The lowest BCUT2D eigenvalue weighted by Crippen LogP contribution is -2.52. The molecule has 0 fully saturated rings. The number of amides is 7. The van der Waals surface area contributed by atoms with Crippen LogP contribution in [0.1, 0.15) is 33.0 Å². The highest BCUT2D eigenvalue weighted by molar-refractivity contribution is 7.16. The standard InChI is InChI=1S/C25H33N6O8P.C2H6.5H2/c32-19(8-10-39-11-9-31-23(36)6-7-24(31)37)26-13-20(33)27-15-22(35)30-18(12-17-4-2-1-3-5-17)25(38)28-14-21(34)29-16-40;1-2;;;;;/h1-7,18H,8-16,40H2,(H,26,32)(H,27,33)(H,28,38)(H,29,34)(H,30,35);1-2H3;5*1H/t18-;;;;;;/m0....../s1. The molecule has 0 bridgehead atoms. The van der Waals surface area contributed by atoms with Gasteiger partial charge in [0.2, 0.25) is 29.5 Å². The predicted octanol–water partition coefficient (Wildman–Crippen LogP) is -0.401. The number of hydrogen-bond donors (Lipinski definition) is 5. The van der Waals surface area contributed by atoms with Crippen molar-refractivity contribution in [3.63, 3.8) is 0 Å². The average molecular weight is 617 g/mol. The van der Waals surface area contributed by atoms with Gasteiger partial charge in [0.25, 0.3) is 11.8 Å². The van der Waals surface area contributed by atoms with Crippen molar-refractivity contribution in [1.29, 1.82) is 0 Å². The summed E-state index contributed by atoms with van der Waals surface area (Å²) in [5.41, 5.74) is 0.781. The Morgan fingerprint density at radius 3 is 2.02 bits per heavy atom. The van der Waals surface area contributed by atoms with Crippen LogP contribution in [-0.2, 0) is 44.7 Å². The van der Waals surface area contributed by atoms with Crippen LogP contribution in [0.2, 0.25) is 0 Å². The van der Waals surface area contributed by atoms with E-state index >= 15 is 0 Å². The molecule has 2 rings (SSSR count). The van der Waals surface area contributed by atoms with E-state index in [1.165, 1.54) is 12.2 Å². The highest BCUT2D eigenvalue weighted by Gasteiger charge is 2.23. The molecular formula is C27H49N6O8P. The van der Waals surface area contributed by atoms with E-state index in [1.54, 1.807) is 24.3 Å². The molecule has 1 heterocycles. The Balaban J connectivity index is -0.000000823. The van der Waals surface area contributed by atoms with Crippen LogP contribution in [0.25, 0.3) is 0 Å². The molecule has 1 aliphatic heterocycles. The molecule has 42 heavy (non-hydrogen) atoms. The molecule has 0 spiro atoms. The first-order chi connectivity index (χ1) is 20.2. The van der Waals surface area contributed by atoms with Crippen LogP contribution < -0.4 is 26.6 Å². The normalized spacial score (nSPS) is 12.5. The number of rotatable bonds is 17. The maximum atomic E-state index is 12.6. The van der Waals surface area contributed by atoms with E-state index < -0.39 is 48.0 Å². The molecule has 1 aromatic carbocycles. The molecule has 1 aromatic rings. The number of hydrogen-bond acceptors (Lipinski definition) is 8. The van der Waals surface area contributed by atoms with Crippen LogP contribution in [0.4, 0.5) is 0 Å². The van der Waals surface area contributed by atoms with E-state index in [1.807, 2.05) is 19.9 Å². The van der Waals surface area contributed by atoms with Gasteiger partial charge in [0.05, 0.1) is 39.4 Å². The second-order valence-electron chi connectivity index (χ2n) is 8.41. The summed E-state index contributed by atoms with van der Waals surface area (Å²) in [6.07, 6.45) is 2.77. The lowest BCUT2D eigenvalue weighted by molar-refractivity contribution is -0.138. The first-order valence-corrected chi connectivity index (χ1v) is 14.2. The second-order valence-corrected chi connectivity index (χ2v) is 8.82. The molecule has 2 atom stereocenters. The maximum absolute atomic E-state index is 12.6. The SMILES string of the molecule is CC.O=C(CCOCCN1C(=O)C=CC1=O)NCC(=O)NCC(=O)N[C@@H](Cc1ccccc1)C(=O)NCC(=O)NCP.[HH].[HH].[HH].[HH].[HH]. The van der Waals surface area contributed by atoms with Gasteiger partial charge in [0, 0.05) is 38.4 Å². The van der Waals surface area contributed by atoms with Crippen LogP contribution in [0, 0.1) is 0 Å². The van der Waals surface area contributed by atoms with E-state index in [2.05, 4.69) is 35.8 Å². The Bertz CT molecular complexity index is 1120. The van der Waals surface area contributed by atoms with Gasteiger partial charge >= 0.3 is 0 Å². The van der Waals surface area contributed by atoms with E-state index in [4.69, 9.17) is 4.74 Å². The third-order valence-corrected chi connectivity index (χ3v) is 5.59. The summed E-state index contributed by atoms with van der Waals surface area (Å²) in [6, 6.07) is 7.97. The van der Waals surface area contributed by atoms with Crippen molar-refractivity contribution in [2.45, 2.75) is 32.7 Å². The van der Waals surface area contributed by atoms with Gasteiger partial charge in [-0.15, -0.1) is 9.24 Å². The summed E-state index contributed by atoms with van der Waals surface area (Å²) in [5, 5.41) is 12.3. The molecule has 1 aliphatic rings. The van der Waals surface area contributed by atoms with Crippen molar-refractivity contribution in [2.75, 3.05) is 45.7 Å². The summed E-state index contributed by atoms with van der Waals surface area (Å²) in [5.74, 6) is -3.52. The highest BCUT2D eigenvalue weighted by atomic mass is 31.0. The maximum Gasteiger partial charge on any atom is 0.253 e. The average Bonchev–Trinajstić information content (AvgIpc) is 3.31. The summed E-state index contributed by atoms with van der Waals surface area (Å²) in [6.45, 7) is 3.07. The minimum atomic E-state index is -0.992. The van der Waals surface area contributed by atoms with E-state index in [0.717, 1.165) is 10.5 Å². The lowest BCUT2D eigenvalue weighted by Gasteiger charge is -2.19.